The molecule has 1 amide bonds. The molecule has 0 heterocycles. The van der Waals surface area contributed by atoms with Crippen molar-refractivity contribution in [1.29, 1.82) is 0 Å². The summed E-state index contributed by atoms with van der Waals surface area (Å²) in [6, 6.07) is 0.538. The Morgan fingerprint density at radius 3 is 2.38 bits per heavy atom. The first-order valence-electron chi connectivity index (χ1n) is 6.20. The zero-order valence-corrected chi connectivity index (χ0v) is 10.8. The number of hydrogen-bond acceptors (Lipinski definition) is 3. The Morgan fingerprint density at radius 1 is 1.25 bits per heavy atom. The molecule has 1 aliphatic carbocycles. The minimum Gasteiger partial charge on any atom is -0.358 e. The molecule has 1 rings (SSSR count). The van der Waals surface area contributed by atoms with Crippen LogP contribution in [0.2, 0.25) is 0 Å². The van der Waals surface area contributed by atoms with E-state index < -0.39 is 0 Å². The molecule has 0 bridgehead atoms. The van der Waals surface area contributed by atoms with Crippen LogP contribution in [-0.4, -0.2) is 51.1 Å². The average molecular weight is 227 g/mol. The van der Waals surface area contributed by atoms with Crippen molar-refractivity contribution < 1.29 is 4.79 Å². The first-order valence-corrected chi connectivity index (χ1v) is 6.20. The first-order chi connectivity index (χ1) is 7.61. The Hall–Kier alpha value is -0.610. The first kappa shape index (κ1) is 13.5. The fraction of sp³-hybridized carbons (Fsp3) is 0.917. The van der Waals surface area contributed by atoms with Gasteiger partial charge in [-0.15, -0.1) is 0 Å². The highest BCUT2D eigenvalue weighted by Crippen LogP contribution is 2.24. The summed E-state index contributed by atoms with van der Waals surface area (Å²) < 4.78 is 0. The Balaban J connectivity index is 2.14. The lowest BCUT2D eigenvalue weighted by Crippen LogP contribution is -2.40. The van der Waals surface area contributed by atoms with Crippen molar-refractivity contribution >= 4 is 5.91 Å². The van der Waals surface area contributed by atoms with Gasteiger partial charge in [0.15, 0.2) is 0 Å². The third kappa shape index (κ3) is 4.94. The highest BCUT2D eigenvalue weighted by Gasteiger charge is 2.21. The van der Waals surface area contributed by atoms with Crippen LogP contribution < -0.4 is 10.6 Å². The smallest absolute Gasteiger partial charge is 0.233 e. The molecule has 0 aliphatic heterocycles. The van der Waals surface area contributed by atoms with Crippen molar-refractivity contribution in [1.82, 2.24) is 15.5 Å². The van der Waals surface area contributed by atoms with E-state index in [4.69, 9.17) is 0 Å². The van der Waals surface area contributed by atoms with Crippen LogP contribution in [0.1, 0.15) is 25.7 Å². The maximum atomic E-state index is 11.1. The molecule has 0 aromatic carbocycles. The second kappa shape index (κ2) is 6.86. The summed E-state index contributed by atoms with van der Waals surface area (Å²) in [5, 5.41) is 5.95. The summed E-state index contributed by atoms with van der Waals surface area (Å²) in [7, 11) is 5.95. The summed E-state index contributed by atoms with van der Waals surface area (Å²) in [6.07, 6.45) is 4.97. The number of nitrogens with one attached hydrogen (secondary N) is 2. The van der Waals surface area contributed by atoms with E-state index in [0.717, 1.165) is 5.92 Å². The van der Waals surface area contributed by atoms with Gasteiger partial charge in [0.2, 0.25) is 5.91 Å². The zero-order valence-electron chi connectivity index (χ0n) is 10.8. The molecule has 16 heavy (non-hydrogen) atoms. The molecule has 2 N–H and O–H groups in total. The number of rotatable bonds is 5. The van der Waals surface area contributed by atoms with Crippen LogP contribution in [0.3, 0.4) is 0 Å². The number of carbonyl (C=O) groups excluding carboxylic acids is 1. The van der Waals surface area contributed by atoms with Crippen LogP contribution in [0.25, 0.3) is 0 Å². The lowest BCUT2D eigenvalue weighted by atomic mass is 9.86. The molecule has 4 heteroatoms. The lowest BCUT2D eigenvalue weighted by molar-refractivity contribution is -0.119. The van der Waals surface area contributed by atoms with E-state index in [2.05, 4.69) is 29.6 Å². The predicted molar refractivity (Wildman–Crippen MR) is 66.4 cm³/mol. The van der Waals surface area contributed by atoms with Crippen molar-refractivity contribution in [2.75, 3.05) is 34.2 Å². The fourth-order valence-electron chi connectivity index (χ4n) is 2.39. The number of amides is 1. The maximum absolute atomic E-state index is 11.1. The number of likely N-dealkylation sites (N-methyl/N-ethyl adjacent to an activating group) is 1. The highest BCUT2D eigenvalue weighted by atomic mass is 16.1. The minimum atomic E-state index is 0.0791. The number of hydrogen-bond donors (Lipinski definition) is 2. The normalized spacial score (nSPS) is 25.8. The third-order valence-corrected chi connectivity index (χ3v) is 3.30. The van der Waals surface area contributed by atoms with Crippen molar-refractivity contribution in [3.05, 3.63) is 0 Å². The monoisotopic (exact) mass is 227 g/mol. The van der Waals surface area contributed by atoms with Crippen LogP contribution in [0.5, 0.6) is 0 Å². The van der Waals surface area contributed by atoms with Gasteiger partial charge in [0, 0.05) is 19.6 Å². The third-order valence-electron chi connectivity index (χ3n) is 3.30. The molecule has 1 saturated carbocycles. The molecule has 0 unspecified atom stereocenters. The molecule has 4 nitrogen and oxygen atoms in total. The molecular formula is C12H25N3O. The van der Waals surface area contributed by atoms with Crippen LogP contribution in [-0.2, 0) is 4.79 Å². The highest BCUT2D eigenvalue weighted by molar-refractivity contribution is 5.77. The second-order valence-corrected chi connectivity index (χ2v) is 5.03. The zero-order chi connectivity index (χ0) is 12.0. The fourth-order valence-corrected chi connectivity index (χ4v) is 2.39. The van der Waals surface area contributed by atoms with E-state index in [1.807, 2.05) is 0 Å². The number of nitrogens with zero attached hydrogens (tertiary/aromatic N) is 1. The molecule has 1 aliphatic rings. The standard InChI is InChI=1S/C12H25N3O/c1-13-12(16)8-14-11-6-4-10(5-7-11)9-15(2)3/h10-11,14H,4-9H2,1-3H3,(H,13,16). The Labute approximate surface area is 98.8 Å². The van der Waals surface area contributed by atoms with Gasteiger partial charge in [-0.2, -0.15) is 0 Å². The van der Waals surface area contributed by atoms with Gasteiger partial charge in [-0.1, -0.05) is 0 Å². The lowest BCUT2D eigenvalue weighted by Gasteiger charge is -2.30. The molecule has 1 fully saturated rings. The van der Waals surface area contributed by atoms with Crippen molar-refractivity contribution in [2.24, 2.45) is 5.92 Å². The molecular weight excluding hydrogens is 202 g/mol. The Morgan fingerprint density at radius 2 is 1.88 bits per heavy atom. The van der Waals surface area contributed by atoms with Gasteiger partial charge in [-0.25, -0.2) is 0 Å². The Bertz CT molecular complexity index is 210. The van der Waals surface area contributed by atoms with Gasteiger partial charge in [0.05, 0.1) is 6.54 Å². The van der Waals surface area contributed by atoms with Crippen molar-refractivity contribution in [3.63, 3.8) is 0 Å². The average Bonchev–Trinajstić information content (AvgIpc) is 2.27. The molecule has 0 saturated heterocycles. The van der Waals surface area contributed by atoms with E-state index in [0.29, 0.717) is 12.6 Å². The second-order valence-electron chi connectivity index (χ2n) is 5.03. The molecule has 0 aromatic rings. The minimum absolute atomic E-state index is 0.0791. The number of carbonyl (C=O) groups is 1. The van der Waals surface area contributed by atoms with E-state index in [-0.39, 0.29) is 5.91 Å². The van der Waals surface area contributed by atoms with Crippen LogP contribution in [0, 0.1) is 5.92 Å². The molecule has 0 radical (unpaired) electrons. The van der Waals surface area contributed by atoms with E-state index in [1.54, 1.807) is 7.05 Å². The largest absolute Gasteiger partial charge is 0.358 e. The van der Waals surface area contributed by atoms with Gasteiger partial charge >= 0.3 is 0 Å². The SMILES string of the molecule is CNC(=O)CNC1CCC(CN(C)C)CC1. The van der Waals surface area contributed by atoms with Crippen LogP contribution in [0.15, 0.2) is 0 Å². The Kier molecular flexibility index (Phi) is 5.77. The van der Waals surface area contributed by atoms with Crippen LogP contribution in [0.4, 0.5) is 0 Å². The van der Waals surface area contributed by atoms with E-state index in [9.17, 15) is 4.79 Å². The van der Waals surface area contributed by atoms with Crippen molar-refractivity contribution in [3.8, 4) is 0 Å². The summed E-state index contributed by atoms with van der Waals surface area (Å²) in [4.78, 5) is 13.4. The summed E-state index contributed by atoms with van der Waals surface area (Å²) in [5.41, 5.74) is 0. The van der Waals surface area contributed by atoms with E-state index >= 15 is 0 Å². The molecule has 0 atom stereocenters. The van der Waals surface area contributed by atoms with Crippen molar-refractivity contribution in [2.45, 2.75) is 31.7 Å². The molecule has 0 spiro atoms. The van der Waals surface area contributed by atoms with Gasteiger partial charge in [0.1, 0.15) is 0 Å². The molecule has 0 aromatic heterocycles. The summed E-state index contributed by atoms with van der Waals surface area (Å²) in [6.45, 7) is 1.65. The van der Waals surface area contributed by atoms with Gasteiger partial charge in [-0.05, 0) is 45.7 Å². The summed E-state index contributed by atoms with van der Waals surface area (Å²) >= 11 is 0. The van der Waals surface area contributed by atoms with Gasteiger partial charge in [-0.3, -0.25) is 4.79 Å². The predicted octanol–water partition coefficient (Wildman–Crippen LogP) is 0.442. The molecule has 94 valence electrons. The quantitative estimate of drug-likeness (QED) is 0.716. The van der Waals surface area contributed by atoms with Gasteiger partial charge < -0.3 is 15.5 Å². The summed E-state index contributed by atoms with van der Waals surface area (Å²) in [5.74, 6) is 0.920. The van der Waals surface area contributed by atoms with Crippen LogP contribution >= 0.6 is 0 Å². The topological polar surface area (TPSA) is 44.4 Å². The van der Waals surface area contributed by atoms with E-state index in [1.165, 1.54) is 32.2 Å². The van der Waals surface area contributed by atoms with Gasteiger partial charge in [0.25, 0.3) is 0 Å². The maximum Gasteiger partial charge on any atom is 0.233 e.